The number of rotatable bonds is 4. The summed E-state index contributed by atoms with van der Waals surface area (Å²) in [5.74, 6) is 2.26. The average Bonchev–Trinajstić information content (AvgIpc) is 3.23. The van der Waals surface area contributed by atoms with E-state index in [1.54, 1.807) is 12.5 Å². The molecule has 8 nitrogen and oxygen atoms in total. The highest BCUT2D eigenvalue weighted by Gasteiger charge is 2.25. The van der Waals surface area contributed by atoms with E-state index in [9.17, 15) is 4.79 Å². The molecule has 0 spiro atoms. The predicted molar refractivity (Wildman–Crippen MR) is 122 cm³/mol. The third-order valence-corrected chi connectivity index (χ3v) is 6.22. The number of amides is 1. The largest absolute Gasteiger partial charge is 0.353 e. The van der Waals surface area contributed by atoms with Crippen molar-refractivity contribution in [1.82, 2.24) is 24.8 Å². The van der Waals surface area contributed by atoms with Crippen molar-refractivity contribution in [3.05, 3.63) is 65.6 Å². The van der Waals surface area contributed by atoms with Crippen LogP contribution >= 0.6 is 11.3 Å². The van der Waals surface area contributed by atoms with Gasteiger partial charge in [0, 0.05) is 38.4 Å². The number of fused-ring (bicyclic) bond motifs is 1. The maximum atomic E-state index is 12.9. The second-order valence-electron chi connectivity index (χ2n) is 7.37. The zero-order valence-electron chi connectivity index (χ0n) is 17.0. The van der Waals surface area contributed by atoms with Crippen molar-refractivity contribution in [2.45, 2.75) is 6.92 Å². The fourth-order valence-electron chi connectivity index (χ4n) is 3.56. The molecule has 0 unspecified atom stereocenters. The van der Waals surface area contributed by atoms with Crippen LogP contribution in [0.1, 0.15) is 15.4 Å². The number of anilines is 3. The minimum Gasteiger partial charge on any atom is -0.353 e. The zero-order valence-corrected chi connectivity index (χ0v) is 17.8. The van der Waals surface area contributed by atoms with Gasteiger partial charge in [-0.25, -0.2) is 19.9 Å². The summed E-state index contributed by atoms with van der Waals surface area (Å²) in [5.41, 5.74) is 2.00. The van der Waals surface area contributed by atoms with Crippen molar-refractivity contribution in [2.75, 3.05) is 36.4 Å². The summed E-state index contributed by atoms with van der Waals surface area (Å²) < 4.78 is 1.04. The van der Waals surface area contributed by atoms with E-state index in [0.29, 0.717) is 37.0 Å². The molecule has 0 radical (unpaired) electrons. The Balaban J connectivity index is 1.24. The van der Waals surface area contributed by atoms with E-state index in [1.807, 2.05) is 54.3 Å². The zero-order chi connectivity index (χ0) is 21.2. The second-order valence-corrected chi connectivity index (χ2v) is 8.40. The summed E-state index contributed by atoms with van der Waals surface area (Å²) in [6, 6.07) is 13.7. The summed E-state index contributed by atoms with van der Waals surface area (Å²) in [6.07, 6.45) is 3.31. The number of para-hydroxylation sites is 1. The normalized spacial score (nSPS) is 14.1. The van der Waals surface area contributed by atoms with Gasteiger partial charge >= 0.3 is 0 Å². The molecule has 1 saturated heterocycles. The second kappa shape index (κ2) is 8.27. The van der Waals surface area contributed by atoms with Crippen molar-refractivity contribution in [3.8, 4) is 0 Å². The highest BCUT2D eigenvalue weighted by atomic mass is 32.1. The Labute approximate surface area is 183 Å². The minimum atomic E-state index is -0.00332. The first-order valence-corrected chi connectivity index (χ1v) is 10.9. The number of benzene rings is 1. The van der Waals surface area contributed by atoms with E-state index in [4.69, 9.17) is 0 Å². The third-order valence-electron chi connectivity index (χ3n) is 5.19. The fraction of sp³-hybridized carbons (Fsp3) is 0.227. The van der Waals surface area contributed by atoms with Gasteiger partial charge in [0.1, 0.15) is 23.8 Å². The van der Waals surface area contributed by atoms with Gasteiger partial charge in [0.2, 0.25) is 0 Å². The molecule has 3 aromatic heterocycles. The van der Waals surface area contributed by atoms with E-state index in [-0.39, 0.29) is 5.91 Å². The van der Waals surface area contributed by atoms with Gasteiger partial charge in [-0.15, -0.1) is 11.3 Å². The molecule has 4 heterocycles. The summed E-state index contributed by atoms with van der Waals surface area (Å²) >= 11 is 1.45. The Morgan fingerprint density at radius 1 is 1.00 bits per heavy atom. The maximum Gasteiger partial charge on any atom is 0.282 e. The first kappa shape index (κ1) is 19.4. The molecule has 0 saturated carbocycles. The molecule has 1 aromatic carbocycles. The molecular formula is C22H21N7OS. The first-order chi connectivity index (χ1) is 15.2. The predicted octanol–water partition coefficient (Wildman–Crippen LogP) is 3.50. The van der Waals surface area contributed by atoms with Crippen LogP contribution in [0, 0.1) is 6.92 Å². The van der Waals surface area contributed by atoms with Gasteiger partial charge in [0.25, 0.3) is 5.91 Å². The molecule has 1 amide bonds. The van der Waals surface area contributed by atoms with Crippen molar-refractivity contribution < 1.29 is 4.79 Å². The number of pyridine rings is 1. The number of carbonyl (C=O) groups excluding carboxylic acids is 1. The highest BCUT2D eigenvalue weighted by molar-refractivity contribution is 7.20. The molecule has 1 N–H and O–H groups in total. The monoisotopic (exact) mass is 431 g/mol. The first-order valence-electron chi connectivity index (χ1n) is 10.1. The SMILES string of the molecule is Cc1ccnc(Nc2cc(N3CCN(C(=O)c4nc5ccccc5s4)CC3)ncn2)c1. The summed E-state index contributed by atoms with van der Waals surface area (Å²) in [5, 5.41) is 3.77. The van der Waals surface area contributed by atoms with Gasteiger partial charge in [-0.1, -0.05) is 12.1 Å². The van der Waals surface area contributed by atoms with Gasteiger partial charge < -0.3 is 15.1 Å². The van der Waals surface area contributed by atoms with Gasteiger partial charge in [-0.05, 0) is 36.8 Å². The number of nitrogens with one attached hydrogen (secondary N) is 1. The number of aromatic nitrogens is 4. The lowest BCUT2D eigenvalue weighted by Gasteiger charge is -2.35. The number of hydrogen-bond donors (Lipinski definition) is 1. The van der Waals surface area contributed by atoms with Crippen LogP contribution in [0.5, 0.6) is 0 Å². The van der Waals surface area contributed by atoms with Crippen molar-refractivity contribution >= 4 is 44.9 Å². The lowest BCUT2D eigenvalue weighted by molar-refractivity contribution is 0.0746. The van der Waals surface area contributed by atoms with Crippen LogP contribution in [0.15, 0.2) is 55.0 Å². The van der Waals surface area contributed by atoms with E-state index in [2.05, 4.69) is 30.2 Å². The van der Waals surface area contributed by atoms with Crippen LogP contribution in [-0.2, 0) is 0 Å². The average molecular weight is 432 g/mol. The number of nitrogens with zero attached hydrogens (tertiary/aromatic N) is 6. The molecule has 156 valence electrons. The quantitative estimate of drug-likeness (QED) is 0.529. The van der Waals surface area contributed by atoms with E-state index >= 15 is 0 Å². The molecule has 0 atom stereocenters. The number of hydrogen-bond acceptors (Lipinski definition) is 8. The van der Waals surface area contributed by atoms with Gasteiger partial charge in [0.05, 0.1) is 10.2 Å². The highest BCUT2D eigenvalue weighted by Crippen LogP contribution is 2.24. The van der Waals surface area contributed by atoms with E-state index in [0.717, 1.165) is 27.4 Å². The molecule has 4 aromatic rings. The van der Waals surface area contributed by atoms with Crippen LogP contribution in [0.3, 0.4) is 0 Å². The number of carbonyl (C=O) groups is 1. The molecule has 5 rings (SSSR count). The lowest BCUT2D eigenvalue weighted by Crippen LogP contribution is -2.49. The molecule has 9 heteroatoms. The standard InChI is InChI=1S/C22H21N7OS/c1-15-6-7-23-18(12-15)27-19-13-20(25-14-24-19)28-8-10-29(11-9-28)22(30)21-26-16-4-2-3-5-17(16)31-21/h2-7,12-14H,8-11H2,1H3,(H,23,24,25,27). The molecule has 1 aliphatic heterocycles. The number of piperazine rings is 1. The molecular weight excluding hydrogens is 410 g/mol. The maximum absolute atomic E-state index is 12.9. The summed E-state index contributed by atoms with van der Waals surface area (Å²) in [7, 11) is 0. The van der Waals surface area contributed by atoms with Crippen molar-refractivity contribution in [3.63, 3.8) is 0 Å². The Hall–Kier alpha value is -3.59. The minimum absolute atomic E-state index is 0.00332. The van der Waals surface area contributed by atoms with Gasteiger partial charge in [0.15, 0.2) is 5.01 Å². The Morgan fingerprint density at radius 2 is 1.81 bits per heavy atom. The van der Waals surface area contributed by atoms with Crippen LogP contribution in [0.25, 0.3) is 10.2 Å². The van der Waals surface area contributed by atoms with Crippen LogP contribution in [0.4, 0.5) is 17.5 Å². The Kier molecular flexibility index (Phi) is 5.17. The van der Waals surface area contributed by atoms with Gasteiger partial charge in [-0.2, -0.15) is 0 Å². The molecule has 0 aliphatic carbocycles. The smallest absolute Gasteiger partial charge is 0.282 e. The van der Waals surface area contributed by atoms with Crippen molar-refractivity contribution in [1.29, 1.82) is 0 Å². The number of thiazole rings is 1. The molecule has 0 bridgehead atoms. The topological polar surface area (TPSA) is 87.1 Å². The van der Waals surface area contributed by atoms with Crippen LogP contribution in [-0.4, -0.2) is 56.9 Å². The summed E-state index contributed by atoms with van der Waals surface area (Å²) in [4.78, 5) is 34.5. The molecule has 1 fully saturated rings. The van der Waals surface area contributed by atoms with Crippen LogP contribution < -0.4 is 10.2 Å². The third kappa shape index (κ3) is 4.17. The number of aryl methyl sites for hydroxylation is 1. The fourth-order valence-corrected chi connectivity index (χ4v) is 4.50. The Morgan fingerprint density at radius 3 is 2.61 bits per heavy atom. The van der Waals surface area contributed by atoms with Gasteiger partial charge in [-0.3, -0.25) is 4.79 Å². The Bertz CT molecular complexity index is 1200. The van der Waals surface area contributed by atoms with E-state index in [1.165, 1.54) is 11.3 Å². The molecule has 31 heavy (non-hydrogen) atoms. The molecule has 1 aliphatic rings. The lowest BCUT2D eigenvalue weighted by atomic mass is 10.3. The summed E-state index contributed by atoms with van der Waals surface area (Å²) in [6.45, 7) is 4.68. The van der Waals surface area contributed by atoms with E-state index < -0.39 is 0 Å². The van der Waals surface area contributed by atoms with Crippen LogP contribution in [0.2, 0.25) is 0 Å². The van der Waals surface area contributed by atoms with Crippen molar-refractivity contribution in [2.24, 2.45) is 0 Å².